The lowest BCUT2D eigenvalue weighted by Crippen LogP contribution is -2.25. The van der Waals surface area contributed by atoms with Gasteiger partial charge in [-0.3, -0.25) is 9.10 Å². The summed E-state index contributed by atoms with van der Waals surface area (Å²) in [5, 5.41) is 3.05. The van der Waals surface area contributed by atoms with Crippen LogP contribution in [0.1, 0.15) is 16.8 Å². The smallest absolute Gasteiger partial charge is 0.259 e. The predicted octanol–water partition coefficient (Wildman–Crippen LogP) is 3.15. The van der Waals surface area contributed by atoms with E-state index in [-0.39, 0.29) is 5.75 Å². The number of methoxy groups -OCH3 is 2. The van der Waals surface area contributed by atoms with Gasteiger partial charge in [0.25, 0.3) is 5.91 Å². The van der Waals surface area contributed by atoms with Crippen LogP contribution in [-0.2, 0) is 10.0 Å². The number of para-hydroxylation sites is 1. The molecule has 144 valence electrons. The van der Waals surface area contributed by atoms with Crippen LogP contribution in [0.5, 0.6) is 11.5 Å². The number of ether oxygens (including phenoxy) is 2. The van der Waals surface area contributed by atoms with Crippen LogP contribution in [0, 0.1) is 0 Å². The zero-order valence-corrected chi connectivity index (χ0v) is 16.4. The van der Waals surface area contributed by atoms with E-state index in [1.165, 1.54) is 18.5 Å². The number of anilines is 2. The number of halogens is 1. The molecule has 9 heteroatoms. The van der Waals surface area contributed by atoms with Gasteiger partial charge in [0.2, 0.25) is 10.0 Å². The second kappa shape index (κ2) is 7.66. The van der Waals surface area contributed by atoms with Crippen molar-refractivity contribution in [3.8, 4) is 11.5 Å². The summed E-state index contributed by atoms with van der Waals surface area (Å²) in [6.07, 6.45) is 0.538. The lowest BCUT2D eigenvalue weighted by atomic mass is 10.1. The fourth-order valence-corrected chi connectivity index (χ4v) is 4.80. The molecular formula is C18H19ClN2O5S. The second-order valence-corrected chi connectivity index (χ2v) is 8.32. The van der Waals surface area contributed by atoms with E-state index in [0.717, 1.165) is 0 Å². The standard InChI is InChI=1S/C18H19ClN2O5S/c1-25-16-6-3-5-13(17(16)26-2)18(22)20-12-7-8-14(19)15(11-12)21-9-4-10-27(21,23)24/h3,5-8,11H,4,9-10H2,1-2H3,(H,20,22). The van der Waals surface area contributed by atoms with Gasteiger partial charge in [-0.05, 0) is 36.8 Å². The van der Waals surface area contributed by atoms with Crippen LogP contribution in [0.2, 0.25) is 5.02 Å². The summed E-state index contributed by atoms with van der Waals surface area (Å²) < 4.78 is 36.1. The van der Waals surface area contributed by atoms with Crippen molar-refractivity contribution in [1.29, 1.82) is 0 Å². The van der Waals surface area contributed by atoms with Gasteiger partial charge < -0.3 is 14.8 Å². The monoisotopic (exact) mass is 410 g/mol. The van der Waals surface area contributed by atoms with Crippen LogP contribution in [0.15, 0.2) is 36.4 Å². The summed E-state index contributed by atoms with van der Waals surface area (Å²) in [4.78, 5) is 12.7. The number of hydrogen-bond acceptors (Lipinski definition) is 5. The minimum atomic E-state index is -3.38. The summed E-state index contributed by atoms with van der Waals surface area (Å²) in [5.41, 5.74) is 1.07. The molecule has 1 N–H and O–H groups in total. The Labute approximate surface area is 162 Å². The van der Waals surface area contributed by atoms with Crippen LogP contribution in [0.25, 0.3) is 0 Å². The molecule has 1 aliphatic rings. The number of nitrogens with one attached hydrogen (secondary N) is 1. The van der Waals surface area contributed by atoms with Gasteiger partial charge in [0.05, 0.1) is 36.2 Å². The molecule has 1 heterocycles. The maximum atomic E-state index is 12.7. The molecule has 3 rings (SSSR count). The Balaban J connectivity index is 1.91. The molecule has 1 fully saturated rings. The van der Waals surface area contributed by atoms with Gasteiger partial charge in [0.1, 0.15) is 0 Å². The van der Waals surface area contributed by atoms with E-state index in [1.807, 2.05) is 0 Å². The highest BCUT2D eigenvalue weighted by atomic mass is 35.5. The number of rotatable bonds is 5. The van der Waals surface area contributed by atoms with Crippen LogP contribution in [0.3, 0.4) is 0 Å². The Morgan fingerprint density at radius 3 is 2.59 bits per heavy atom. The first-order valence-electron chi connectivity index (χ1n) is 8.19. The van der Waals surface area contributed by atoms with Gasteiger partial charge in [0.15, 0.2) is 11.5 Å². The van der Waals surface area contributed by atoms with E-state index in [2.05, 4.69) is 5.32 Å². The number of sulfonamides is 1. The third kappa shape index (κ3) is 3.81. The molecule has 0 aromatic heterocycles. The van der Waals surface area contributed by atoms with Crippen molar-refractivity contribution in [1.82, 2.24) is 0 Å². The van der Waals surface area contributed by atoms with Gasteiger partial charge in [-0.15, -0.1) is 0 Å². The number of nitrogens with zero attached hydrogens (tertiary/aromatic N) is 1. The van der Waals surface area contributed by atoms with Gasteiger partial charge in [-0.2, -0.15) is 0 Å². The molecule has 2 aromatic carbocycles. The minimum Gasteiger partial charge on any atom is -0.493 e. The molecule has 27 heavy (non-hydrogen) atoms. The molecule has 0 saturated carbocycles. The Morgan fingerprint density at radius 1 is 1.19 bits per heavy atom. The lowest BCUT2D eigenvalue weighted by molar-refractivity contribution is 0.102. The summed E-state index contributed by atoms with van der Waals surface area (Å²) in [6, 6.07) is 9.70. The van der Waals surface area contributed by atoms with Gasteiger partial charge in [-0.1, -0.05) is 17.7 Å². The highest BCUT2D eigenvalue weighted by Gasteiger charge is 2.30. The molecule has 0 atom stereocenters. The van der Waals surface area contributed by atoms with Crippen molar-refractivity contribution < 1.29 is 22.7 Å². The molecule has 1 saturated heterocycles. The molecule has 2 aromatic rings. The topological polar surface area (TPSA) is 84.9 Å². The first-order chi connectivity index (χ1) is 12.9. The molecule has 1 aliphatic heterocycles. The zero-order valence-electron chi connectivity index (χ0n) is 14.9. The van der Waals surface area contributed by atoms with Crippen LogP contribution < -0.4 is 19.1 Å². The maximum Gasteiger partial charge on any atom is 0.259 e. The van der Waals surface area contributed by atoms with Crippen molar-refractivity contribution in [2.75, 3.05) is 36.1 Å². The van der Waals surface area contributed by atoms with Crippen molar-refractivity contribution in [2.45, 2.75) is 6.42 Å². The van der Waals surface area contributed by atoms with Gasteiger partial charge >= 0.3 is 0 Å². The number of benzene rings is 2. The van der Waals surface area contributed by atoms with E-state index < -0.39 is 15.9 Å². The van der Waals surface area contributed by atoms with Gasteiger partial charge in [0, 0.05) is 12.2 Å². The van der Waals surface area contributed by atoms with Gasteiger partial charge in [-0.25, -0.2) is 8.42 Å². The number of amides is 1. The number of carbonyl (C=O) groups excluding carboxylic acids is 1. The Morgan fingerprint density at radius 2 is 1.96 bits per heavy atom. The Hall–Kier alpha value is -2.45. The maximum absolute atomic E-state index is 12.7. The number of carbonyl (C=O) groups is 1. The van der Waals surface area contributed by atoms with Crippen molar-refractivity contribution >= 4 is 38.9 Å². The Kier molecular flexibility index (Phi) is 5.48. The molecular weight excluding hydrogens is 392 g/mol. The van der Waals surface area contributed by atoms with Crippen molar-refractivity contribution in [3.63, 3.8) is 0 Å². The van der Waals surface area contributed by atoms with Crippen molar-refractivity contribution in [2.24, 2.45) is 0 Å². The second-order valence-electron chi connectivity index (χ2n) is 5.90. The molecule has 0 radical (unpaired) electrons. The Bertz CT molecular complexity index is 978. The first-order valence-corrected chi connectivity index (χ1v) is 10.2. The molecule has 0 spiro atoms. The molecule has 0 bridgehead atoms. The van der Waals surface area contributed by atoms with Crippen LogP contribution in [-0.4, -0.2) is 40.8 Å². The number of hydrogen-bond donors (Lipinski definition) is 1. The summed E-state index contributed by atoms with van der Waals surface area (Å²) >= 11 is 6.19. The molecule has 0 aliphatic carbocycles. The predicted molar refractivity (Wildman–Crippen MR) is 105 cm³/mol. The zero-order chi connectivity index (χ0) is 19.6. The summed E-state index contributed by atoms with van der Waals surface area (Å²) in [5.74, 6) is 0.420. The van der Waals surface area contributed by atoms with Crippen molar-refractivity contribution in [3.05, 3.63) is 47.0 Å². The average Bonchev–Trinajstić information content (AvgIpc) is 3.01. The molecule has 1 amide bonds. The highest BCUT2D eigenvalue weighted by Crippen LogP contribution is 2.35. The quantitative estimate of drug-likeness (QED) is 0.818. The van der Waals surface area contributed by atoms with E-state index in [1.54, 1.807) is 36.4 Å². The average molecular weight is 411 g/mol. The normalized spacial score (nSPS) is 15.4. The van der Waals surface area contributed by atoms with E-state index in [0.29, 0.717) is 46.4 Å². The van der Waals surface area contributed by atoms with E-state index >= 15 is 0 Å². The molecule has 0 unspecified atom stereocenters. The minimum absolute atomic E-state index is 0.0843. The SMILES string of the molecule is COc1cccc(C(=O)Nc2ccc(Cl)c(N3CCCS3(=O)=O)c2)c1OC. The highest BCUT2D eigenvalue weighted by molar-refractivity contribution is 7.93. The third-order valence-electron chi connectivity index (χ3n) is 4.22. The van der Waals surface area contributed by atoms with Crippen LogP contribution >= 0.6 is 11.6 Å². The first kappa shape index (κ1) is 19.3. The van der Waals surface area contributed by atoms with E-state index in [9.17, 15) is 13.2 Å². The largest absolute Gasteiger partial charge is 0.493 e. The third-order valence-corrected chi connectivity index (χ3v) is 6.39. The summed E-state index contributed by atoms with van der Waals surface area (Å²) in [6.45, 7) is 0.364. The fraction of sp³-hybridized carbons (Fsp3) is 0.278. The molecule has 7 nitrogen and oxygen atoms in total. The fourth-order valence-electron chi connectivity index (χ4n) is 2.96. The van der Waals surface area contributed by atoms with E-state index in [4.69, 9.17) is 21.1 Å². The lowest BCUT2D eigenvalue weighted by Gasteiger charge is -2.19. The summed E-state index contributed by atoms with van der Waals surface area (Å²) in [7, 11) is -0.441. The van der Waals surface area contributed by atoms with Crippen LogP contribution in [0.4, 0.5) is 11.4 Å².